The number of hydrogen-bond donors (Lipinski definition) is 0. The molecule has 1 aromatic rings. The summed E-state index contributed by atoms with van der Waals surface area (Å²) in [5.74, 6) is 0.483. The number of aromatic nitrogens is 1. The molecule has 0 aliphatic heterocycles. The van der Waals surface area contributed by atoms with Crippen LogP contribution in [0, 0.1) is 0 Å². The Morgan fingerprint density at radius 3 is 2.28 bits per heavy atom. The molecule has 0 N–H and O–H groups in total. The van der Waals surface area contributed by atoms with Crippen LogP contribution in [0.1, 0.15) is 18.2 Å². The van der Waals surface area contributed by atoms with E-state index in [9.17, 15) is 0 Å². The van der Waals surface area contributed by atoms with E-state index in [4.69, 9.17) is 0 Å². The van der Waals surface area contributed by atoms with Gasteiger partial charge in [-0.2, -0.15) is 0 Å². The van der Waals surface area contributed by atoms with Gasteiger partial charge in [-0.25, -0.2) is 9.98 Å². The van der Waals surface area contributed by atoms with Crippen LogP contribution in [0.5, 0.6) is 0 Å². The molecule has 0 radical (unpaired) electrons. The van der Waals surface area contributed by atoms with Crippen molar-refractivity contribution in [3.05, 3.63) is 72.4 Å². The van der Waals surface area contributed by atoms with Gasteiger partial charge in [0.15, 0.2) is 0 Å². The summed E-state index contributed by atoms with van der Waals surface area (Å²) >= 11 is 0. The molecule has 4 heteroatoms. The second-order valence-electron chi connectivity index (χ2n) is 4.73. The Bertz CT molecular complexity index is 887. The zero-order valence-electron chi connectivity index (χ0n) is 14.9. The molecule has 0 unspecified atom stereocenters. The third-order valence-electron chi connectivity index (χ3n) is 3.21. The highest BCUT2D eigenvalue weighted by atomic mass is 15.2. The second kappa shape index (κ2) is 10.5. The van der Waals surface area contributed by atoms with E-state index in [1.54, 1.807) is 37.6 Å². The van der Waals surface area contributed by atoms with Crippen molar-refractivity contribution in [3.8, 4) is 0 Å². The second-order valence-corrected chi connectivity index (χ2v) is 4.73. The van der Waals surface area contributed by atoms with E-state index >= 15 is 0 Å². The van der Waals surface area contributed by atoms with Gasteiger partial charge >= 0.3 is 0 Å². The summed E-state index contributed by atoms with van der Waals surface area (Å²) in [4.78, 5) is 12.7. The van der Waals surface area contributed by atoms with Crippen molar-refractivity contribution in [3.63, 3.8) is 0 Å². The van der Waals surface area contributed by atoms with Crippen LogP contribution >= 0.6 is 0 Å². The molecule has 1 rings (SSSR count). The van der Waals surface area contributed by atoms with Crippen molar-refractivity contribution >= 4 is 42.8 Å². The molecule has 0 aromatic carbocycles. The van der Waals surface area contributed by atoms with E-state index in [1.165, 1.54) is 6.34 Å². The molecule has 0 saturated heterocycles. The van der Waals surface area contributed by atoms with Gasteiger partial charge in [0.05, 0.1) is 11.0 Å². The smallest absolute Gasteiger partial charge is 0.235 e. The van der Waals surface area contributed by atoms with Crippen LogP contribution in [0.2, 0.25) is 0 Å². The molecule has 0 fully saturated rings. The van der Waals surface area contributed by atoms with Crippen molar-refractivity contribution in [2.24, 2.45) is 15.0 Å². The van der Waals surface area contributed by atoms with Crippen LogP contribution < -0.4 is 10.6 Å². The minimum Gasteiger partial charge on any atom is -0.278 e. The van der Waals surface area contributed by atoms with Crippen molar-refractivity contribution in [2.75, 3.05) is 7.05 Å². The minimum atomic E-state index is 0.483. The summed E-state index contributed by atoms with van der Waals surface area (Å²) in [5.41, 5.74) is 1.82. The van der Waals surface area contributed by atoms with Gasteiger partial charge in [-0.1, -0.05) is 62.8 Å². The van der Waals surface area contributed by atoms with Crippen LogP contribution in [0.15, 0.2) is 65.6 Å². The number of rotatable bonds is 6. The van der Waals surface area contributed by atoms with E-state index in [1.807, 2.05) is 35.8 Å². The molecular formula is C21H24N4. The average molecular weight is 332 g/mol. The average Bonchev–Trinajstić information content (AvgIpc) is 2.90. The quantitative estimate of drug-likeness (QED) is 0.436. The molecule has 1 heterocycles. The monoisotopic (exact) mass is 332 g/mol. The molecule has 0 aliphatic rings. The highest BCUT2D eigenvalue weighted by Crippen LogP contribution is 2.09. The Hall–Kier alpha value is -3.27. The summed E-state index contributed by atoms with van der Waals surface area (Å²) < 4.78 is 1.93. The fourth-order valence-electron chi connectivity index (χ4n) is 2.34. The minimum absolute atomic E-state index is 0.483. The number of aliphatic imine (C=N–C) groups is 3. The van der Waals surface area contributed by atoms with Crippen LogP contribution in [0.25, 0.3) is 24.3 Å². The highest BCUT2D eigenvalue weighted by molar-refractivity contribution is 5.96. The van der Waals surface area contributed by atoms with Crippen molar-refractivity contribution in [2.45, 2.75) is 6.92 Å². The summed E-state index contributed by atoms with van der Waals surface area (Å²) in [6.07, 6.45) is 17.7. The standard InChI is InChI=1S/C21H24N4/c1-7-12-15-20-17(10-4)18(13-8-2)19(14-9-3)25(20)21(23-11-5)24-16-22-6/h7-16H,1-4H2,5-6H3/b15-12-,18-13-,19-14+,22-16?,23-11?,24-21?. The van der Waals surface area contributed by atoms with Gasteiger partial charge in [-0.15, -0.1) is 0 Å². The van der Waals surface area contributed by atoms with Crippen molar-refractivity contribution in [1.82, 2.24) is 4.57 Å². The number of hydrogen-bond acceptors (Lipinski definition) is 1. The van der Waals surface area contributed by atoms with E-state index < -0.39 is 0 Å². The molecule has 0 amide bonds. The maximum atomic E-state index is 4.40. The van der Waals surface area contributed by atoms with Crippen LogP contribution in [-0.4, -0.2) is 30.1 Å². The molecule has 0 spiro atoms. The van der Waals surface area contributed by atoms with Gasteiger partial charge < -0.3 is 0 Å². The molecule has 0 aliphatic carbocycles. The molecule has 4 nitrogen and oxygen atoms in total. The van der Waals surface area contributed by atoms with Gasteiger partial charge in [-0.05, 0) is 19.1 Å². The SMILES string of the molecule is C=C/C=C\c1c(C=C)c(=C/C=C)/c(=C\C=C)n1C(N=CC)=NC=NC. The lowest BCUT2D eigenvalue weighted by Crippen LogP contribution is -2.33. The number of nitrogens with zero attached hydrogens (tertiary/aromatic N) is 4. The van der Waals surface area contributed by atoms with Crippen LogP contribution in [0.4, 0.5) is 0 Å². The fourth-order valence-corrected chi connectivity index (χ4v) is 2.34. The lowest BCUT2D eigenvalue weighted by molar-refractivity contribution is 1.06. The Labute approximate surface area is 149 Å². The first-order valence-electron chi connectivity index (χ1n) is 7.79. The van der Waals surface area contributed by atoms with Gasteiger partial charge in [-0.3, -0.25) is 9.56 Å². The summed E-state index contributed by atoms with van der Waals surface area (Å²) in [6.45, 7) is 17.2. The molecule has 1 aromatic heterocycles. The first-order valence-corrected chi connectivity index (χ1v) is 7.79. The molecule has 0 saturated carbocycles. The van der Waals surface area contributed by atoms with E-state index in [0.717, 1.165) is 21.8 Å². The predicted octanol–water partition coefficient (Wildman–Crippen LogP) is 3.22. The third kappa shape index (κ3) is 4.61. The van der Waals surface area contributed by atoms with Gasteiger partial charge in [0.25, 0.3) is 0 Å². The largest absolute Gasteiger partial charge is 0.278 e. The summed E-state index contributed by atoms with van der Waals surface area (Å²) in [6, 6.07) is 0. The predicted molar refractivity (Wildman–Crippen MR) is 114 cm³/mol. The van der Waals surface area contributed by atoms with Gasteiger partial charge in [0, 0.05) is 24.0 Å². The van der Waals surface area contributed by atoms with Gasteiger partial charge in [0.2, 0.25) is 5.96 Å². The Morgan fingerprint density at radius 2 is 1.76 bits per heavy atom. The number of allylic oxidation sites excluding steroid dienone is 4. The molecular weight excluding hydrogens is 308 g/mol. The molecule has 0 atom stereocenters. The topological polar surface area (TPSA) is 42.0 Å². The normalized spacial score (nSPS) is 14.1. The van der Waals surface area contributed by atoms with E-state index in [0.29, 0.717) is 5.96 Å². The van der Waals surface area contributed by atoms with E-state index in [2.05, 4.69) is 41.3 Å². The lowest BCUT2D eigenvalue weighted by atomic mass is 10.1. The van der Waals surface area contributed by atoms with Crippen LogP contribution in [0.3, 0.4) is 0 Å². The van der Waals surface area contributed by atoms with Gasteiger partial charge in [0.1, 0.15) is 6.34 Å². The maximum Gasteiger partial charge on any atom is 0.235 e. The first kappa shape index (κ1) is 19.8. The van der Waals surface area contributed by atoms with E-state index in [-0.39, 0.29) is 0 Å². The Morgan fingerprint density at radius 1 is 1.04 bits per heavy atom. The zero-order valence-corrected chi connectivity index (χ0v) is 14.9. The fraction of sp³-hybridized carbons (Fsp3) is 0.0952. The molecule has 0 bridgehead atoms. The molecule has 128 valence electrons. The van der Waals surface area contributed by atoms with Crippen LogP contribution in [-0.2, 0) is 0 Å². The van der Waals surface area contributed by atoms with Crippen molar-refractivity contribution < 1.29 is 0 Å². The Balaban J connectivity index is 4.19. The highest BCUT2D eigenvalue weighted by Gasteiger charge is 2.14. The summed E-state index contributed by atoms with van der Waals surface area (Å²) in [5, 5.41) is 1.84. The Kier molecular flexibility index (Phi) is 8.30. The first-order chi connectivity index (χ1) is 12.2. The van der Waals surface area contributed by atoms with Crippen molar-refractivity contribution in [1.29, 1.82) is 0 Å². The molecule has 25 heavy (non-hydrogen) atoms. The maximum absolute atomic E-state index is 4.40. The third-order valence-corrected chi connectivity index (χ3v) is 3.21. The lowest BCUT2D eigenvalue weighted by Gasteiger charge is -2.06. The summed E-state index contributed by atoms with van der Waals surface area (Å²) in [7, 11) is 1.66. The zero-order chi connectivity index (χ0) is 18.7.